The fraction of sp³-hybridized carbons (Fsp3) is 0.125. The number of rotatable bonds is 4. The van der Waals surface area contributed by atoms with Crippen LogP contribution in [0.3, 0.4) is 0 Å². The molecule has 0 saturated heterocycles. The zero-order valence-corrected chi connectivity index (χ0v) is 11.5. The molecular weight excluding hydrogens is 268 g/mol. The van der Waals surface area contributed by atoms with Crippen LogP contribution in [0, 0.1) is 0 Å². The van der Waals surface area contributed by atoms with E-state index in [4.69, 9.17) is 8.94 Å². The summed E-state index contributed by atoms with van der Waals surface area (Å²) in [7, 11) is 1.69. The Labute approximate surface area is 121 Å². The minimum atomic E-state index is -0.235. The molecule has 0 N–H and O–H groups in total. The third-order valence-electron chi connectivity index (χ3n) is 3.11. The molecule has 0 radical (unpaired) electrons. The second-order valence-electron chi connectivity index (χ2n) is 4.68. The second kappa shape index (κ2) is 5.66. The van der Waals surface area contributed by atoms with Crippen LogP contribution in [-0.4, -0.2) is 23.0 Å². The van der Waals surface area contributed by atoms with Crippen LogP contribution in [0.25, 0.3) is 11.3 Å². The van der Waals surface area contributed by atoms with Crippen LogP contribution in [0.2, 0.25) is 0 Å². The van der Waals surface area contributed by atoms with Crippen molar-refractivity contribution >= 4 is 5.91 Å². The molecule has 0 atom stereocenters. The van der Waals surface area contributed by atoms with Gasteiger partial charge in [-0.05, 0) is 12.1 Å². The SMILES string of the molecule is CN(Cc1ccco1)C(=O)c1cc(-c2ccccc2)no1. The van der Waals surface area contributed by atoms with Crippen molar-refractivity contribution in [1.29, 1.82) is 0 Å². The highest BCUT2D eigenvalue weighted by Crippen LogP contribution is 2.19. The van der Waals surface area contributed by atoms with Crippen LogP contribution < -0.4 is 0 Å². The maximum atomic E-state index is 12.3. The number of furan rings is 1. The minimum absolute atomic E-state index is 0.211. The van der Waals surface area contributed by atoms with E-state index in [1.807, 2.05) is 36.4 Å². The van der Waals surface area contributed by atoms with E-state index in [1.165, 1.54) is 4.90 Å². The van der Waals surface area contributed by atoms with Crippen molar-refractivity contribution in [3.8, 4) is 11.3 Å². The molecule has 0 bridgehead atoms. The van der Waals surface area contributed by atoms with Crippen molar-refractivity contribution in [2.24, 2.45) is 0 Å². The predicted octanol–water partition coefficient (Wildman–Crippen LogP) is 3.21. The summed E-state index contributed by atoms with van der Waals surface area (Å²) in [6.45, 7) is 0.382. The Morgan fingerprint density at radius 3 is 2.71 bits per heavy atom. The molecule has 5 nitrogen and oxygen atoms in total. The van der Waals surface area contributed by atoms with E-state index in [1.54, 1.807) is 25.4 Å². The number of hydrogen-bond donors (Lipinski definition) is 0. The van der Waals surface area contributed by atoms with Gasteiger partial charge in [0.1, 0.15) is 11.5 Å². The topological polar surface area (TPSA) is 59.5 Å². The van der Waals surface area contributed by atoms with Crippen LogP contribution in [0.1, 0.15) is 16.3 Å². The van der Waals surface area contributed by atoms with Gasteiger partial charge in [0.2, 0.25) is 5.76 Å². The Bertz CT molecular complexity index is 717. The van der Waals surface area contributed by atoms with Gasteiger partial charge < -0.3 is 13.8 Å². The number of amides is 1. The molecule has 1 aromatic carbocycles. The molecule has 0 aliphatic heterocycles. The van der Waals surface area contributed by atoms with E-state index in [-0.39, 0.29) is 11.7 Å². The number of carbonyl (C=O) groups excluding carboxylic acids is 1. The first-order valence-corrected chi connectivity index (χ1v) is 6.54. The van der Waals surface area contributed by atoms with Gasteiger partial charge in [-0.1, -0.05) is 35.5 Å². The summed E-state index contributed by atoms with van der Waals surface area (Å²) in [5.74, 6) is 0.692. The van der Waals surface area contributed by atoms with E-state index in [0.29, 0.717) is 18.0 Å². The first-order chi connectivity index (χ1) is 10.2. The highest BCUT2D eigenvalue weighted by molar-refractivity contribution is 5.92. The van der Waals surface area contributed by atoms with Crippen LogP contribution in [0.5, 0.6) is 0 Å². The molecule has 5 heteroatoms. The van der Waals surface area contributed by atoms with Crippen molar-refractivity contribution in [1.82, 2.24) is 10.1 Å². The molecule has 2 aromatic heterocycles. The molecule has 0 fully saturated rings. The van der Waals surface area contributed by atoms with Gasteiger partial charge in [-0.25, -0.2) is 0 Å². The van der Waals surface area contributed by atoms with Crippen LogP contribution in [-0.2, 0) is 6.54 Å². The highest BCUT2D eigenvalue weighted by atomic mass is 16.5. The lowest BCUT2D eigenvalue weighted by Crippen LogP contribution is -2.25. The van der Waals surface area contributed by atoms with Gasteiger partial charge >= 0.3 is 0 Å². The Morgan fingerprint density at radius 1 is 1.19 bits per heavy atom. The summed E-state index contributed by atoms with van der Waals surface area (Å²) in [4.78, 5) is 13.8. The molecule has 21 heavy (non-hydrogen) atoms. The maximum Gasteiger partial charge on any atom is 0.292 e. The molecule has 3 rings (SSSR count). The zero-order valence-electron chi connectivity index (χ0n) is 11.5. The molecule has 0 saturated carbocycles. The van der Waals surface area contributed by atoms with Gasteiger partial charge in [0.05, 0.1) is 12.8 Å². The van der Waals surface area contributed by atoms with E-state index in [9.17, 15) is 4.79 Å². The van der Waals surface area contributed by atoms with Gasteiger partial charge in [0.25, 0.3) is 5.91 Å². The standard InChI is InChI=1S/C16H14N2O3/c1-18(11-13-8-5-9-20-13)16(19)15-10-14(17-21-15)12-6-3-2-4-7-12/h2-10H,11H2,1H3. The Hall–Kier alpha value is -2.82. The Kier molecular flexibility index (Phi) is 3.55. The van der Waals surface area contributed by atoms with E-state index in [0.717, 1.165) is 5.56 Å². The largest absolute Gasteiger partial charge is 0.467 e. The predicted molar refractivity (Wildman–Crippen MR) is 76.4 cm³/mol. The molecule has 3 aromatic rings. The molecule has 2 heterocycles. The normalized spacial score (nSPS) is 10.5. The molecule has 0 aliphatic carbocycles. The third-order valence-corrected chi connectivity index (χ3v) is 3.11. The van der Waals surface area contributed by atoms with Crippen LogP contribution in [0.4, 0.5) is 0 Å². The van der Waals surface area contributed by atoms with Gasteiger partial charge in [-0.2, -0.15) is 0 Å². The van der Waals surface area contributed by atoms with Crippen molar-refractivity contribution in [3.05, 3.63) is 66.3 Å². The molecular formula is C16H14N2O3. The first kappa shape index (κ1) is 13.2. The van der Waals surface area contributed by atoms with Crippen molar-refractivity contribution in [3.63, 3.8) is 0 Å². The summed E-state index contributed by atoms with van der Waals surface area (Å²) in [6.07, 6.45) is 1.58. The average molecular weight is 282 g/mol. The summed E-state index contributed by atoms with van der Waals surface area (Å²) >= 11 is 0. The minimum Gasteiger partial charge on any atom is -0.467 e. The monoisotopic (exact) mass is 282 g/mol. The molecule has 0 spiro atoms. The van der Waals surface area contributed by atoms with Crippen LogP contribution >= 0.6 is 0 Å². The molecule has 0 unspecified atom stereocenters. The number of carbonyl (C=O) groups is 1. The smallest absolute Gasteiger partial charge is 0.292 e. The van der Waals surface area contributed by atoms with Crippen molar-refractivity contribution in [2.45, 2.75) is 6.54 Å². The number of benzene rings is 1. The lowest BCUT2D eigenvalue weighted by Gasteiger charge is -2.13. The van der Waals surface area contributed by atoms with E-state index < -0.39 is 0 Å². The third kappa shape index (κ3) is 2.86. The summed E-state index contributed by atoms with van der Waals surface area (Å²) in [6, 6.07) is 14.8. The zero-order chi connectivity index (χ0) is 14.7. The molecule has 106 valence electrons. The second-order valence-corrected chi connectivity index (χ2v) is 4.68. The number of aromatic nitrogens is 1. The van der Waals surface area contributed by atoms with Gasteiger partial charge in [-0.3, -0.25) is 4.79 Å². The van der Waals surface area contributed by atoms with Crippen LogP contribution in [0.15, 0.2) is 63.7 Å². The fourth-order valence-corrected chi connectivity index (χ4v) is 2.02. The summed E-state index contributed by atoms with van der Waals surface area (Å²) in [5, 5.41) is 3.94. The number of nitrogens with zero attached hydrogens (tertiary/aromatic N) is 2. The van der Waals surface area contributed by atoms with Crippen molar-refractivity contribution < 1.29 is 13.7 Å². The van der Waals surface area contributed by atoms with Gasteiger partial charge in [0, 0.05) is 18.7 Å². The lowest BCUT2D eigenvalue weighted by molar-refractivity contribution is 0.0734. The highest BCUT2D eigenvalue weighted by Gasteiger charge is 2.18. The van der Waals surface area contributed by atoms with Gasteiger partial charge in [-0.15, -0.1) is 0 Å². The van der Waals surface area contributed by atoms with E-state index >= 15 is 0 Å². The maximum absolute atomic E-state index is 12.3. The lowest BCUT2D eigenvalue weighted by atomic mass is 10.1. The summed E-state index contributed by atoms with van der Waals surface area (Å²) < 4.78 is 10.4. The first-order valence-electron chi connectivity index (χ1n) is 6.54. The molecule has 0 aliphatic rings. The quantitative estimate of drug-likeness (QED) is 0.737. The average Bonchev–Trinajstić information content (AvgIpc) is 3.18. The fourth-order valence-electron chi connectivity index (χ4n) is 2.02. The number of hydrogen-bond acceptors (Lipinski definition) is 4. The Balaban J connectivity index is 1.75. The van der Waals surface area contributed by atoms with E-state index in [2.05, 4.69) is 5.16 Å². The van der Waals surface area contributed by atoms with Gasteiger partial charge in [0.15, 0.2) is 0 Å². The summed E-state index contributed by atoms with van der Waals surface area (Å²) in [5.41, 5.74) is 1.55. The van der Waals surface area contributed by atoms with Crippen molar-refractivity contribution in [2.75, 3.05) is 7.05 Å². The molecule has 1 amide bonds. The Morgan fingerprint density at radius 2 is 2.00 bits per heavy atom.